The lowest BCUT2D eigenvalue weighted by atomic mass is 9.85. The Morgan fingerprint density at radius 3 is 2.94 bits per heavy atom. The van der Waals surface area contributed by atoms with Crippen LogP contribution in [0.4, 0.5) is 0 Å². The van der Waals surface area contributed by atoms with E-state index in [1.165, 1.54) is 0 Å². The molecule has 0 spiro atoms. The summed E-state index contributed by atoms with van der Waals surface area (Å²) in [7, 11) is 3.90. The Balaban J connectivity index is 1.67. The number of nitrogens with zero attached hydrogens (tertiary/aromatic N) is 1. The topological polar surface area (TPSA) is 43.0 Å². The highest BCUT2D eigenvalue weighted by Crippen LogP contribution is 2.26. The van der Waals surface area contributed by atoms with Crippen LogP contribution in [0, 0.1) is 0 Å². The number of morpholine rings is 1. The number of hydrogen-bond acceptors (Lipinski definition) is 5. The van der Waals surface area contributed by atoms with E-state index >= 15 is 0 Å². The summed E-state index contributed by atoms with van der Waals surface area (Å²) < 4.78 is 16.8. The molecule has 1 N–H and O–H groups in total. The van der Waals surface area contributed by atoms with Crippen LogP contribution in [0.25, 0.3) is 0 Å². The summed E-state index contributed by atoms with van der Waals surface area (Å²) in [5.74, 6) is 0. The molecule has 5 nitrogen and oxygen atoms in total. The van der Waals surface area contributed by atoms with Gasteiger partial charge in [0.05, 0.1) is 24.9 Å². The van der Waals surface area contributed by atoms with Crippen LogP contribution in [0.3, 0.4) is 0 Å². The normalized spacial score (nSPS) is 37.5. The van der Waals surface area contributed by atoms with Crippen molar-refractivity contribution >= 4 is 0 Å². The third kappa shape index (κ3) is 3.42. The fourth-order valence-electron chi connectivity index (χ4n) is 2.75. The van der Waals surface area contributed by atoms with Crippen molar-refractivity contribution in [2.45, 2.75) is 37.7 Å². The molecule has 0 radical (unpaired) electrons. The van der Waals surface area contributed by atoms with Gasteiger partial charge in [0, 0.05) is 39.4 Å². The van der Waals surface area contributed by atoms with Crippen LogP contribution < -0.4 is 5.32 Å². The summed E-state index contributed by atoms with van der Waals surface area (Å²) in [6.45, 7) is 6.56. The van der Waals surface area contributed by atoms with Crippen LogP contribution in [0.15, 0.2) is 0 Å². The van der Waals surface area contributed by atoms with Crippen molar-refractivity contribution < 1.29 is 14.2 Å². The molecule has 0 bridgehead atoms. The first-order chi connectivity index (χ1) is 8.74. The molecule has 0 aromatic rings. The van der Waals surface area contributed by atoms with E-state index < -0.39 is 0 Å². The molecule has 4 atom stereocenters. The lowest BCUT2D eigenvalue weighted by molar-refractivity contribution is -0.133. The van der Waals surface area contributed by atoms with E-state index in [1.54, 1.807) is 7.11 Å². The monoisotopic (exact) mass is 258 g/mol. The second kappa shape index (κ2) is 6.82. The molecule has 0 aromatic heterocycles. The van der Waals surface area contributed by atoms with E-state index in [-0.39, 0.29) is 12.2 Å². The molecule has 2 rings (SSSR count). The molecule has 106 valence electrons. The van der Waals surface area contributed by atoms with Crippen molar-refractivity contribution in [3.05, 3.63) is 0 Å². The molecule has 1 heterocycles. The minimum atomic E-state index is 0.186. The van der Waals surface area contributed by atoms with Gasteiger partial charge in [-0.05, 0) is 20.4 Å². The lowest BCUT2D eigenvalue weighted by Gasteiger charge is -2.44. The van der Waals surface area contributed by atoms with E-state index in [1.807, 2.05) is 6.92 Å². The average molecular weight is 258 g/mol. The van der Waals surface area contributed by atoms with Gasteiger partial charge in [0.1, 0.15) is 0 Å². The third-order valence-electron chi connectivity index (χ3n) is 3.85. The smallest absolute Gasteiger partial charge is 0.0986 e. The van der Waals surface area contributed by atoms with Crippen LogP contribution in [-0.2, 0) is 14.2 Å². The van der Waals surface area contributed by atoms with Crippen molar-refractivity contribution in [2.24, 2.45) is 0 Å². The van der Waals surface area contributed by atoms with Crippen molar-refractivity contribution in [3.8, 4) is 0 Å². The Kier molecular flexibility index (Phi) is 5.38. The van der Waals surface area contributed by atoms with E-state index in [0.29, 0.717) is 12.1 Å². The van der Waals surface area contributed by atoms with Gasteiger partial charge >= 0.3 is 0 Å². The molecule has 18 heavy (non-hydrogen) atoms. The van der Waals surface area contributed by atoms with Gasteiger partial charge in [-0.2, -0.15) is 0 Å². The summed E-state index contributed by atoms with van der Waals surface area (Å²) in [5.41, 5.74) is 0. The summed E-state index contributed by atoms with van der Waals surface area (Å²) in [4.78, 5) is 2.31. The van der Waals surface area contributed by atoms with Crippen molar-refractivity contribution in [3.63, 3.8) is 0 Å². The quantitative estimate of drug-likeness (QED) is 0.732. The standard InChI is InChI=1S/C13H26N2O3/c1-4-17-12-7-11(13(12)16-3)14-8-10-9-15(2)5-6-18-10/h10-14H,4-9H2,1-3H3. The molecule has 4 unspecified atom stereocenters. The molecule has 2 aliphatic rings. The molecule has 5 heteroatoms. The van der Waals surface area contributed by atoms with Gasteiger partial charge in [-0.15, -0.1) is 0 Å². The molecular formula is C13H26N2O3. The molecule has 1 saturated heterocycles. The number of methoxy groups -OCH3 is 1. The number of likely N-dealkylation sites (N-methyl/N-ethyl adjacent to an activating group) is 1. The Morgan fingerprint density at radius 2 is 2.28 bits per heavy atom. The van der Waals surface area contributed by atoms with Gasteiger partial charge in [0.2, 0.25) is 0 Å². The van der Waals surface area contributed by atoms with Crippen LogP contribution in [-0.4, -0.2) is 76.3 Å². The first kappa shape index (κ1) is 14.2. The predicted molar refractivity (Wildman–Crippen MR) is 69.9 cm³/mol. The zero-order valence-electron chi connectivity index (χ0n) is 11.7. The molecular weight excluding hydrogens is 232 g/mol. The second-order valence-electron chi connectivity index (χ2n) is 5.20. The molecule has 2 fully saturated rings. The van der Waals surface area contributed by atoms with Crippen LogP contribution in [0.5, 0.6) is 0 Å². The maximum atomic E-state index is 5.73. The maximum absolute atomic E-state index is 5.73. The molecule has 0 amide bonds. The summed E-state index contributed by atoms with van der Waals surface area (Å²) in [6, 6.07) is 0.405. The largest absolute Gasteiger partial charge is 0.377 e. The highest BCUT2D eigenvalue weighted by molar-refractivity contribution is 4.97. The third-order valence-corrected chi connectivity index (χ3v) is 3.85. The highest BCUT2D eigenvalue weighted by Gasteiger charge is 2.42. The average Bonchev–Trinajstić information content (AvgIpc) is 2.33. The molecule has 1 aliphatic heterocycles. The maximum Gasteiger partial charge on any atom is 0.0986 e. The first-order valence-corrected chi connectivity index (χ1v) is 6.92. The van der Waals surface area contributed by atoms with Crippen LogP contribution in [0.1, 0.15) is 13.3 Å². The van der Waals surface area contributed by atoms with Gasteiger partial charge in [-0.3, -0.25) is 0 Å². The number of rotatable bonds is 6. The van der Waals surface area contributed by atoms with Gasteiger partial charge in [0.25, 0.3) is 0 Å². The zero-order chi connectivity index (χ0) is 13.0. The van der Waals surface area contributed by atoms with Crippen LogP contribution >= 0.6 is 0 Å². The highest BCUT2D eigenvalue weighted by atomic mass is 16.5. The molecule has 1 aliphatic carbocycles. The van der Waals surface area contributed by atoms with E-state index in [9.17, 15) is 0 Å². The van der Waals surface area contributed by atoms with Crippen molar-refractivity contribution in [2.75, 3.05) is 47.0 Å². The number of nitrogens with one attached hydrogen (secondary N) is 1. The number of hydrogen-bond donors (Lipinski definition) is 1. The van der Waals surface area contributed by atoms with Crippen molar-refractivity contribution in [1.82, 2.24) is 10.2 Å². The second-order valence-corrected chi connectivity index (χ2v) is 5.20. The van der Waals surface area contributed by atoms with Gasteiger partial charge in [-0.1, -0.05) is 0 Å². The Morgan fingerprint density at radius 1 is 1.44 bits per heavy atom. The van der Waals surface area contributed by atoms with E-state index in [4.69, 9.17) is 14.2 Å². The van der Waals surface area contributed by atoms with Gasteiger partial charge in [-0.25, -0.2) is 0 Å². The summed E-state index contributed by atoms with van der Waals surface area (Å²) in [5, 5.41) is 3.54. The van der Waals surface area contributed by atoms with Gasteiger partial charge < -0.3 is 24.4 Å². The lowest BCUT2D eigenvalue weighted by Crippen LogP contribution is -2.61. The summed E-state index contributed by atoms with van der Waals surface area (Å²) in [6.07, 6.45) is 1.78. The predicted octanol–water partition coefficient (Wildman–Crippen LogP) is 0.0990. The number of ether oxygens (including phenoxy) is 3. The fraction of sp³-hybridized carbons (Fsp3) is 1.00. The van der Waals surface area contributed by atoms with E-state index in [0.717, 1.165) is 39.3 Å². The minimum Gasteiger partial charge on any atom is -0.377 e. The fourth-order valence-corrected chi connectivity index (χ4v) is 2.75. The first-order valence-electron chi connectivity index (χ1n) is 6.92. The van der Waals surface area contributed by atoms with E-state index in [2.05, 4.69) is 17.3 Å². The Labute approximate surface area is 110 Å². The SMILES string of the molecule is CCOC1CC(NCC2CN(C)CCO2)C1OC. The molecule has 0 aromatic carbocycles. The van der Waals surface area contributed by atoms with Crippen LogP contribution in [0.2, 0.25) is 0 Å². The molecule has 1 saturated carbocycles. The Bertz CT molecular complexity index is 252. The Hall–Kier alpha value is -0.200. The zero-order valence-corrected chi connectivity index (χ0v) is 11.7. The summed E-state index contributed by atoms with van der Waals surface area (Å²) >= 11 is 0. The van der Waals surface area contributed by atoms with Gasteiger partial charge in [0.15, 0.2) is 0 Å². The van der Waals surface area contributed by atoms with Crippen molar-refractivity contribution in [1.29, 1.82) is 0 Å². The minimum absolute atomic E-state index is 0.186.